The quantitative estimate of drug-likeness (QED) is 0.428. The second-order valence-electron chi connectivity index (χ2n) is 5.54. The summed E-state index contributed by atoms with van der Waals surface area (Å²) in [5.74, 6) is -0.832. The number of methoxy groups -OCH3 is 1. The van der Waals surface area contributed by atoms with Gasteiger partial charge in [-0.2, -0.15) is 0 Å². The average molecular weight is 366 g/mol. The van der Waals surface area contributed by atoms with Crippen LogP contribution in [0.25, 0.3) is 0 Å². The predicted octanol–water partition coefficient (Wildman–Crippen LogP) is 2.18. The maximum absolute atomic E-state index is 11.9. The van der Waals surface area contributed by atoms with Gasteiger partial charge in [0.1, 0.15) is 0 Å². The number of rotatable bonds is 7. The lowest BCUT2D eigenvalue weighted by atomic mass is 10.4. The molecule has 2 aromatic rings. The summed E-state index contributed by atoms with van der Waals surface area (Å²) in [5, 5.41) is 2.10. The van der Waals surface area contributed by atoms with Gasteiger partial charge in [-0.15, -0.1) is 0 Å². The zero-order valence-electron chi connectivity index (χ0n) is 14.9. The van der Waals surface area contributed by atoms with Crippen molar-refractivity contribution in [3.8, 4) is 0 Å². The summed E-state index contributed by atoms with van der Waals surface area (Å²) in [7, 11) is -1.34. The molecule has 0 aliphatic carbocycles. The van der Waals surface area contributed by atoms with Gasteiger partial charge in [0.05, 0.1) is 13.7 Å². The fourth-order valence-electron chi connectivity index (χ4n) is 2.69. The highest BCUT2D eigenvalue weighted by Crippen LogP contribution is 2.11. The van der Waals surface area contributed by atoms with Crippen molar-refractivity contribution in [3.05, 3.63) is 84.2 Å². The van der Waals surface area contributed by atoms with Crippen LogP contribution in [0.15, 0.2) is 84.2 Å². The molecule has 2 rings (SSSR count). The zero-order valence-corrected chi connectivity index (χ0v) is 15.9. The summed E-state index contributed by atoms with van der Waals surface area (Å²) in [4.78, 5) is 23.7. The lowest BCUT2D eigenvalue weighted by molar-refractivity contribution is -0.137. The smallest absolute Gasteiger partial charge is 0.330 e. The number of benzene rings is 2. The number of esters is 2. The molecule has 0 atom stereocenters. The van der Waals surface area contributed by atoms with Crippen LogP contribution >= 0.6 is 0 Å². The van der Waals surface area contributed by atoms with Crippen LogP contribution in [0.5, 0.6) is 0 Å². The molecule has 0 bridgehead atoms. The standard InChI is InChI=1S/C21H22O4Si/c1-3-25-21(23)15-17-26(16-14-20(22)24-2,18-10-6-4-7-11-18)19-12-8-5-9-13-19/h4-17H,3H2,1-2H3/b16-14+,17-15+. The second-order valence-corrected chi connectivity index (χ2v) is 9.10. The fourth-order valence-corrected chi connectivity index (χ4v) is 6.19. The Balaban J connectivity index is 2.64. The summed E-state index contributed by atoms with van der Waals surface area (Å²) in [6.07, 6.45) is 2.89. The Morgan fingerprint density at radius 1 is 0.846 bits per heavy atom. The third-order valence-corrected chi connectivity index (χ3v) is 7.92. The predicted molar refractivity (Wildman–Crippen MR) is 105 cm³/mol. The minimum absolute atomic E-state index is 0.312. The Morgan fingerprint density at radius 2 is 1.31 bits per heavy atom. The molecule has 2 aromatic carbocycles. The summed E-state index contributed by atoms with van der Waals surface area (Å²) in [6, 6.07) is 19.7. The normalized spacial score (nSPS) is 11.6. The van der Waals surface area contributed by atoms with Crippen LogP contribution < -0.4 is 10.4 Å². The molecule has 4 nitrogen and oxygen atoms in total. The molecule has 0 aromatic heterocycles. The lowest BCUT2D eigenvalue weighted by Gasteiger charge is -2.26. The van der Waals surface area contributed by atoms with Gasteiger partial charge < -0.3 is 9.47 Å². The van der Waals surface area contributed by atoms with Crippen LogP contribution in [0.1, 0.15) is 6.92 Å². The van der Waals surface area contributed by atoms with E-state index in [0.717, 1.165) is 10.4 Å². The monoisotopic (exact) mass is 366 g/mol. The zero-order chi connectivity index (χ0) is 18.8. The van der Waals surface area contributed by atoms with Crippen molar-refractivity contribution >= 4 is 30.4 Å². The van der Waals surface area contributed by atoms with Crippen molar-refractivity contribution in [2.75, 3.05) is 13.7 Å². The Bertz CT molecular complexity index is 743. The van der Waals surface area contributed by atoms with Crippen LogP contribution in [-0.2, 0) is 19.1 Å². The van der Waals surface area contributed by atoms with Crippen molar-refractivity contribution in [1.29, 1.82) is 0 Å². The van der Waals surface area contributed by atoms with E-state index in [2.05, 4.69) is 0 Å². The van der Waals surface area contributed by atoms with E-state index >= 15 is 0 Å². The topological polar surface area (TPSA) is 52.6 Å². The molecule has 0 unspecified atom stereocenters. The number of hydrogen-bond acceptors (Lipinski definition) is 4. The summed E-state index contributed by atoms with van der Waals surface area (Å²) in [5.41, 5.74) is 3.76. The molecule has 0 heterocycles. The van der Waals surface area contributed by atoms with Crippen LogP contribution in [-0.4, -0.2) is 33.7 Å². The van der Waals surface area contributed by atoms with Gasteiger partial charge in [0.15, 0.2) is 8.07 Å². The van der Waals surface area contributed by atoms with Crippen molar-refractivity contribution in [2.45, 2.75) is 6.92 Å². The molecule has 26 heavy (non-hydrogen) atoms. The highest BCUT2D eigenvalue weighted by molar-refractivity contribution is 7.09. The molecular formula is C21H22O4Si. The molecule has 0 aliphatic heterocycles. The van der Waals surface area contributed by atoms with Crippen molar-refractivity contribution in [1.82, 2.24) is 0 Å². The van der Waals surface area contributed by atoms with Crippen LogP contribution in [0.3, 0.4) is 0 Å². The molecule has 134 valence electrons. The fraction of sp³-hybridized carbons (Fsp3) is 0.143. The average Bonchev–Trinajstić information content (AvgIpc) is 2.69. The third-order valence-electron chi connectivity index (χ3n) is 3.96. The first-order valence-corrected chi connectivity index (χ1v) is 10.5. The number of hydrogen-bond donors (Lipinski definition) is 0. The largest absolute Gasteiger partial charge is 0.466 e. The number of carbonyl (C=O) groups excluding carboxylic acids is 2. The lowest BCUT2D eigenvalue weighted by Crippen LogP contribution is -2.56. The van der Waals surface area contributed by atoms with E-state index in [4.69, 9.17) is 9.47 Å². The molecule has 0 radical (unpaired) electrons. The van der Waals surface area contributed by atoms with Gasteiger partial charge in [-0.3, -0.25) is 0 Å². The van der Waals surface area contributed by atoms with Crippen LogP contribution in [0.2, 0.25) is 0 Å². The van der Waals surface area contributed by atoms with Gasteiger partial charge in [0.2, 0.25) is 0 Å². The van der Waals surface area contributed by atoms with E-state index in [-0.39, 0.29) is 0 Å². The first-order valence-electron chi connectivity index (χ1n) is 8.36. The molecule has 0 aliphatic rings. The van der Waals surface area contributed by atoms with E-state index in [1.165, 1.54) is 19.3 Å². The summed E-state index contributed by atoms with van der Waals surface area (Å²) >= 11 is 0. The van der Waals surface area contributed by atoms with Crippen LogP contribution in [0.4, 0.5) is 0 Å². The molecular weight excluding hydrogens is 344 g/mol. The Kier molecular flexibility index (Phi) is 7.11. The van der Waals surface area contributed by atoms with Crippen LogP contribution in [0, 0.1) is 0 Å². The Hall–Kier alpha value is -2.92. The number of carbonyl (C=O) groups is 2. The molecule has 0 fully saturated rings. The highest BCUT2D eigenvalue weighted by atomic mass is 28.3. The molecule has 0 N–H and O–H groups in total. The maximum atomic E-state index is 11.9. The highest BCUT2D eigenvalue weighted by Gasteiger charge is 2.32. The first-order chi connectivity index (χ1) is 12.6. The SMILES string of the molecule is CCOC(=O)/C=C/[Si](/C=C/C(=O)OC)(c1ccccc1)c1ccccc1. The second kappa shape index (κ2) is 9.53. The van der Waals surface area contributed by atoms with Gasteiger partial charge >= 0.3 is 11.9 Å². The molecule has 0 saturated heterocycles. The van der Waals surface area contributed by atoms with Gasteiger partial charge in [0.25, 0.3) is 0 Å². The van der Waals surface area contributed by atoms with Crippen molar-refractivity contribution in [2.24, 2.45) is 0 Å². The van der Waals surface area contributed by atoms with Crippen molar-refractivity contribution < 1.29 is 19.1 Å². The van der Waals surface area contributed by atoms with Crippen molar-refractivity contribution in [3.63, 3.8) is 0 Å². The molecule has 0 amide bonds. The van der Waals surface area contributed by atoms with Gasteiger partial charge in [-0.25, -0.2) is 9.59 Å². The summed E-state index contributed by atoms with van der Waals surface area (Å²) in [6.45, 7) is 2.08. The minimum Gasteiger partial charge on any atom is -0.466 e. The van der Waals surface area contributed by atoms with Gasteiger partial charge in [0, 0.05) is 12.2 Å². The van der Waals surface area contributed by atoms with E-state index in [1.54, 1.807) is 6.92 Å². The maximum Gasteiger partial charge on any atom is 0.330 e. The van der Waals surface area contributed by atoms with E-state index in [9.17, 15) is 9.59 Å². The molecule has 0 saturated carbocycles. The van der Waals surface area contributed by atoms with E-state index in [1.807, 2.05) is 72.1 Å². The van der Waals surface area contributed by atoms with E-state index in [0.29, 0.717) is 6.61 Å². The minimum atomic E-state index is -2.68. The molecule has 0 spiro atoms. The number of ether oxygens (including phenoxy) is 2. The Labute approximate surface area is 154 Å². The van der Waals surface area contributed by atoms with E-state index < -0.39 is 20.0 Å². The first kappa shape index (κ1) is 19.4. The Morgan fingerprint density at radius 3 is 1.73 bits per heavy atom. The molecule has 5 heteroatoms. The summed E-state index contributed by atoms with van der Waals surface area (Å²) < 4.78 is 9.80. The van der Waals surface area contributed by atoms with Gasteiger partial charge in [-0.05, 0) is 17.3 Å². The third kappa shape index (κ3) is 4.80. The van der Waals surface area contributed by atoms with Gasteiger partial charge in [-0.1, -0.05) is 72.1 Å².